The second-order valence-corrected chi connectivity index (χ2v) is 7.27. The molecule has 5 nitrogen and oxygen atoms in total. The first-order valence-corrected chi connectivity index (χ1v) is 8.65. The van der Waals surface area contributed by atoms with Gasteiger partial charge in [0, 0.05) is 44.4 Å². The summed E-state index contributed by atoms with van der Waals surface area (Å²) in [7, 11) is 0. The molecule has 1 unspecified atom stereocenters. The Morgan fingerprint density at radius 1 is 1.12 bits per heavy atom. The third-order valence-electron chi connectivity index (χ3n) is 4.01. The molecule has 1 saturated carbocycles. The number of rotatable bonds is 1. The third kappa shape index (κ3) is 5.31. The monoisotopic (exact) mass is 348 g/mol. The van der Waals surface area contributed by atoms with E-state index in [-0.39, 0.29) is 24.8 Å². The Morgan fingerprint density at radius 3 is 2.08 bits per heavy atom. The molecule has 0 aromatic carbocycles. The molecule has 2 amide bonds. The number of hydrogen-bond acceptors (Lipinski definition) is 3. The highest BCUT2D eigenvalue weighted by Gasteiger charge is 2.50. The predicted octanol–water partition coefficient (Wildman–Crippen LogP) is 3.53. The Morgan fingerprint density at radius 2 is 1.67 bits per heavy atom. The topological polar surface area (TPSA) is 49.9 Å². The van der Waals surface area contributed by atoms with Gasteiger partial charge in [0.2, 0.25) is 11.8 Å². The van der Waals surface area contributed by atoms with Crippen molar-refractivity contribution in [2.75, 3.05) is 19.6 Å². The molecule has 2 aliphatic rings. The molecule has 0 N–H and O–H groups in total. The zero-order valence-electron chi connectivity index (χ0n) is 15.6. The van der Waals surface area contributed by atoms with Crippen LogP contribution in [-0.4, -0.2) is 59.0 Å². The molecule has 1 aliphatic carbocycles. The highest BCUT2D eigenvalue weighted by Crippen LogP contribution is 2.43. The molecule has 0 aromatic rings. The summed E-state index contributed by atoms with van der Waals surface area (Å²) in [5.41, 5.74) is -0.568. The molecule has 140 valence electrons. The van der Waals surface area contributed by atoms with E-state index in [2.05, 4.69) is 0 Å². The van der Waals surface area contributed by atoms with E-state index in [0.29, 0.717) is 19.6 Å². The molecule has 0 bridgehead atoms. The van der Waals surface area contributed by atoms with E-state index in [1.54, 1.807) is 30.6 Å². The lowest BCUT2D eigenvalue weighted by Gasteiger charge is -2.43. The Bertz CT molecular complexity index is 455. The molecule has 0 aromatic heterocycles. The lowest BCUT2D eigenvalue weighted by molar-refractivity contribution is -0.162. The number of amides is 2. The molecule has 1 atom stereocenters. The van der Waals surface area contributed by atoms with Gasteiger partial charge in [-0.3, -0.25) is 4.79 Å². The third-order valence-corrected chi connectivity index (χ3v) is 4.01. The van der Waals surface area contributed by atoms with Gasteiger partial charge in [-0.15, -0.1) is 0 Å². The smallest absolute Gasteiger partial charge is 0.410 e. The minimum atomic E-state index is -2.69. The molecular weight excluding hydrogens is 318 g/mol. The summed E-state index contributed by atoms with van der Waals surface area (Å²) in [5, 5.41) is 0. The molecule has 0 radical (unpaired) electrons. The Hall–Kier alpha value is -1.40. The minimum Gasteiger partial charge on any atom is -0.444 e. The summed E-state index contributed by atoms with van der Waals surface area (Å²) < 4.78 is 31.1. The van der Waals surface area contributed by atoms with Crippen molar-refractivity contribution in [3.8, 4) is 0 Å². The summed E-state index contributed by atoms with van der Waals surface area (Å²) in [5.74, 6) is -3.48. The fraction of sp³-hybridized carbons (Fsp3) is 0.882. The molecular formula is C17H30F2N2O3. The summed E-state index contributed by atoms with van der Waals surface area (Å²) >= 11 is 0. The van der Waals surface area contributed by atoms with Gasteiger partial charge in [-0.05, 0) is 27.7 Å². The fourth-order valence-electron chi connectivity index (χ4n) is 2.84. The van der Waals surface area contributed by atoms with Crippen molar-refractivity contribution < 1.29 is 23.1 Å². The van der Waals surface area contributed by atoms with E-state index < -0.39 is 23.5 Å². The fourth-order valence-corrected chi connectivity index (χ4v) is 2.84. The van der Waals surface area contributed by atoms with Crippen molar-refractivity contribution in [3.63, 3.8) is 0 Å². The van der Waals surface area contributed by atoms with Crippen LogP contribution in [0.1, 0.15) is 54.4 Å². The second kappa shape index (κ2) is 7.66. The number of piperazine rings is 1. The van der Waals surface area contributed by atoms with Crippen molar-refractivity contribution in [2.24, 2.45) is 5.92 Å². The maximum Gasteiger partial charge on any atom is 0.410 e. The molecule has 7 heteroatoms. The Balaban J connectivity index is 0.00000139. The number of ether oxygens (including phenoxy) is 1. The van der Waals surface area contributed by atoms with E-state index in [9.17, 15) is 18.4 Å². The Kier molecular flexibility index (Phi) is 6.59. The van der Waals surface area contributed by atoms with Crippen LogP contribution in [0.2, 0.25) is 0 Å². The lowest BCUT2D eigenvalue weighted by atomic mass is 9.80. The van der Waals surface area contributed by atoms with Gasteiger partial charge in [-0.1, -0.05) is 13.8 Å². The maximum atomic E-state index is 12.9. The molecule has 1 heterocycles. The van der Waals surface area contributed by atoms with Gasteiger partial charge in [-0.25, -0.2) is 13.6 Å². The molecule has 2 rings (SSSR count). The average Bonchev–Trinajstić information content (AvgIpc) is 2.44. The number of hydrogen-bond donors (Lipinski definition) is 0. The van der Waals surface area contributed by atoms with Crippen LogP contribution in [0.3, 0.4) is 0 Å². The number of carbonyl (C=O) groups excluding carboxylic acids is 2. The maximum absolute atomic E-state index is 12.9. The average molecular weight is 348 g/mol. The van der Waals surface area contributed by atoms with Gasteiger partial charge in [-0.2, -0.15) is 0 Å². The van der Waals surface area contributed by atoms with Gasteiger partial charge in [0.15, 0.2) is 0 Å². The molecule has 0 spiro atoms. The van der Waals surface area contributed by atoms with Crippen molar-refractivity contribution >= 4 is 12.0 Å². The predicted molar refractivity (Wildman–Crippen MR) is 88.0 cm³/mol. The van der Waals surface area contributed by atoms with E-state index in [1.807, 2.05) is 20.8 Å². The van der Waals surface area contributed by atoms with Crippen LogP contribution in [0.4, 0.5) is 13.6 Å². The van der Waals surface area contributed by atoms with Crippen LogP contribution in [-0.2, 0) is 9.53 Å². The first kappa shape index (κ1) is 20.6. The van der Waals surface area contributed by atoms with Gasteiger partial charge < -0.3 is 14.5 Å². The van der Waals surface area contributed by atoms with E-state index in [0.717, 1.165) is 0 Å². The normalized spacial score (nSPS) is 23.8. The van der Waals surface area contributed by atoms with Gasteiger partial charge in [0.05, 0.1) is 0 Å². The first-order valence-electron chi connectivity index (χ1n) is 8.65. The van der Waals surface area contributed by atoms with Crippen LogP contribution in [0.25, 0.3) is 0 Å². The minimum absolute atomic E-state index is 0.187. The standard InChI is InChI=1S/C15H24F2N2O3.C2H6/c1-10-9-18(12(20)11-7-15(16,17)8-11)5-6-19(10)13(21)22-14(2,3)4;1-2/h10-11H,5-9H2,1-4H3;1-2H3. The summed E-state index contributed by atoms with van der Waals surface area (Å²) in [6.07, 6.45) is -1.11. The van der Waals surface area contributed by atoms with Crippen molar-refractivity contribution in [1.29, 1.82) is 0 Å². The van der Waals surface area contributed by atoms with Gasteiger partial charge in [0.25, 0.3) is 0 Å². The second-order valence-electron chi connectivity index (χ2n) is 7.27. The zero-order valence-corrected chi connectivity index (χ0v) is 15.6. The zero-order chi connectivity index (χ0) is 18.7. The molecule has 1 aliphatic heterocycles. The highest BCUT2D eigenvalue weighted by atomic mass is 19.3. The van der Waals surface area contributed by atoms with Crippen LogP contribution >= 0.6 is 0 Å². The van der Waals surface area contributed by atoms with Crippen molar-refractivity contribution in [3.05, 3.63) is 0 Å². The van der Waals surface area contributed by atoms with Crippen molar-refractivity contribution in [2.45, 2.75) is 71.9 Å². The first-order chi connectivity index (χ1) is 11.0. The summed E-state index contributed by atoms with van der Waals surface area (Å²) in [6, 6.07) is -0.187. The SMILES string of the molecule is CC.CC1CN(C(=O)C2CC(F)(F)C2)CCN1C(=O)OC(C)(C)C. The van der Waals surface area contributed by atoms with Crippen LogP contribution in [0, 0.1) is 5.92 Å². The number of carbonyl (C=O) groups is 2. The van der Waals surface area contributed by atoms with Crippen molar-refractivity contribution in [1.82, 2.24) is 9.80 Å². The van der Waals surface area contributed by atoms with Crippen LogP contribution in [0.5, 0.6) is 0 Å². The quantitative estimate of drug-likeness (QED) is 0.728. The number of nitrogens with zero attached hydrogens (tertiary/aromatic N) is 2. The van der Waals surface area contributed by atoms with E-state index >= 15 is 0 Å². The van der Waals surface area contributed by atoms with Crippen LogP contribution in [0.15, 0.2) is 0 Å². The van der Waals surface area contributed by atoms with E-state index in [4.69, 9.17) is 4.74 Å². The number of halogens is 2. The Labute approximate surface area is 143 Å². The molecule has 2 fully saturated rings. The van der Waals surface area contributed by atoms with Crippen LogP contribution < -0.4 is 0 Å². The largest absolute Gasteiger partial charge is 0.444 e. The highest BCUT2D eigenvalue weighted by molar-refractivity contribution is 5.80. The summed E-state index contributed by atoms with van der Waals surface area (Å²) in [6.45, 7) is 12.3. The molecule has 1 saturated heterocycles. The lowest BCUT2D eigenvalue weighted by Crippen LogP contribution is -2.58. The van der Waals surface area contributed by atoms with E-state index in [1.165, 1.54) is 0 Å². The molecule has 24 heavy (non-hydrogen) atoms. The van der Waals surface area contributed by atoms with Gasteiger partial charge >= 0.3 is 6.09 Å². The number of alkyl halides is 2. The summed E-state index contributed by atoms with van der Waals surface area (Å²) in [4.78, 5) is 27.4. The van der Waals surface area contributed by atoms with Gasteiger partial charge in [0.1, 0.15) is 5.60 Å².